The van der Waals surface area contributed by atoms with Gasteiger partial charge in [0.1, 0.15) is 5.82 Å². The number of hydrogen-bond donors (Lipinski definition) is 0. The molecule has 3 rings (SSSR count). The van der Waals surface area contributed by atoms with Gasteiger partial charge in [-0.25, -0.2) is 4.98 Å². The normalized spacial score (nSPS) is 25.0. The lowest BCUT2D eigenvalue weighted by Crippen LogP contribution is -2.26. The lowest BCUT2D eigenvalue weighted by Gasteiger charge is -2.30. The van der Waals surface area contributed by atoms with Gasteiger partial charge in [0.2, 0.25) is 0 Å². The zero-order valence-electron chi connectivity index (χ0n) is 11.6. The van der Waals surface area contributed by atoms with Crippen LogP contribution in [0.5, 0.6) is 0 Å². The molecule has 0 amide bonds. The second-order valence-corrected chi connectivity index (χ2v) is 6.54. The van der Waals surface area contributed by atoms with Crippen LogP contribution in [0.25, 0.3) is 11.0 Å². The van der Waals surface area contributed by atoms with Gasteiger partial charge in [-0.2, -0.15) is 0 Å². The van der Waals surface area contributed by atoms with Crippen LogP contribution < -0.4 is 0 Å². The van der Waals surface area contributed by atoms with Gasteiger partial charge in [-0.05, 0) is 44.9 Å². The van der Waals surface area contributed by atoms with E-state index in [1.54, 1.807) is 0 Å². The summed E-state index contributed by atoms with van der Waals surface area (Å²) in [5.74, 6) is 0.919. The van der Waals surface area contributed by atoms with Crippen molar-refractivity contribution >= 4 is 34.2 Å². The van der Waals surface area contributed by atoms with Crippen molar-refractivity contribution in [2.24, 2.45) is 0 Å². The Balaban J connectivity index is 2.13. The molecule has 2 aromatic rings. The predicted molar refractivity (Wildman–Crippen MR) is 82.7 cm³/mol. The molecule has 1 fully saturated rings. The van der Waals surface area contributed by atoms with Crippen molar-refractivity contribution in [1.82, 2.24) is 9.55 Å². The summed E-state index contributed by atoms with van der Waals surface area (Å²) in [4.78, 5) is 4.68. The van der Waals surface area contributed by atoms with E-state index in [2.05, 4.69) is 16.5 Å². The second kappa shape index (κ2) is 5.55. The van der Waals surface area contributed by atoms with E-state index in [4.69, 9.17) is 27.9 Å². The van der Waals surface area contributed by atoms with E-state index in [0.29, 0.717) is 11.1 Å². The van der Waals surface area contributed by atoms with Crippen molar-refractivity contribution in [3.05, 3.63) is 29.0 Å². The fourth-order valence-corrected chi connectivity index (χ4v) is 3.28. The summed E-state index contributed by atoms with van der Waals surface area (Å²) in [5.41, 5.74) is 2.02. The smallest absolute Gasteiger partial charge is 0.127 e. The van der Waals surface area contributed by atoms with Gasteiger partial charge in [0.05, 0.1) is 22.5 Å². The second-order valence-electron chi connectivity index (χ2n) is 5.45. The molecule has 108 valence electrons. The molecule has 1 aliphatic rings. The minimum absolute atomic E-state index is 0.126. The minimum atomic E-state index is -0.126. The molecule has 3 atom stereocenters. The van der Waals surface area contributed by atoms with Crippen LogP contribution >= 0.6 is 23.2 Å². The first-order chi connectivity index (χ1) is 9.56. The summed E-state index contributed by atoms with van der Waals surface area (Å²) in [5, 5.41) is 0.579. The molecular weight excluding hydrogens is 295 g/mol. The molecule has 0 bridgehead atoms. The van der Waals surface area contributed by atoms with Gasteiger partial charge >= 0.3 is 0 Å². The Morgan fingerprint density at radius 2 is 2.25 bits per heavy atom. The Hall–Kier alpha value is -0.770. The molecule has 3 nitrogen and oxygen atoms in total. The first-order valence-corrected chi connectivity index (χ1v) is 7.80. The van der Waals surface area contributed by atoms with Crippen molar-refractivity contribution in [1.29, 1.82) is 0 Å². The number of imidazole rings is 1. The standard InChI is InChI=1S/C15H18Cl2N2O/c1-9-7-12(5-6-20-9)19-14-4-3-11(17)8-13(14)18-15(19)10(2)16/h3-4,8-10,12H,5-7H2,1-2H3. The number of aromatic nitrogens is 2. The number of alkyl halides is 1. The Bertz CT molecular complexity index is 624. The van der Waals surface area contributed by atoms with E-state index in [0.717, 1.165) is 36.3 Å². The predicted octanol–water partition coefficient (Wildman–Crippen LogP) is 4.73. The summed E-state index contributed by atoms with van der Waals surface area (Å²) >= 11 is 12.4. The molecule has 1 aromatic heterocycles. The van der Waals surface area contributed by atoms with Gasteiger partial charge in [0, 0.05) is 17.7 Å². The Morgan fingerprint density at radius 3 is 2.95 bits per heavy atom. The number of nitrogens with zero attached hydrogens (tertiary/aromatic N) is 2. The first kappa shape index (κ1) is 14.2. The van der Waals surface area contributed by atoms with Crippen molar-refractivity contribution < 1.29 is 4.74 Å². The van der Waals surface area contributed by atoms with Crippen molar-refractivity contribution in [3.63, 3.8) is 0 Å². The minimum Gasteiger partial charge on any atom is -0.378 e. The van der Waals surface area contributed by atoms with E-state index in [-0.39, 0.29) is 11.5 Å². The third-order valence-corrected chi connectivity index (χ3v) is 4.29. The van der Waals surface area contributed by atoms with Crippen LogP contribution in [0.4, 0.5) is 0 Å². The summed E-state index contributed by atoms with van der Waals surface area (Å²) in [6.45, 7) is 4.87. The number of halogens is 2. The molecular formula is C15H18Cl2N2O. The van der Waals surface area contributed by atoms with Crippen LogP contribution in [-0.2, 0) is 4.74 Å². The Morgan fingerprint density at radius 1 is 1.45 bits per heavy atom. The van der Waals surface area contributed by atoms with E-state index < -0.39 is 0 Å². The zero-order valence-corrected chi connectivity index (χ0v) is 13.2. The summed E-state index contributed by atoms with van der Waals surface area (Å²) < 4.78 is 7.93. The fraction of sp³-hybridized carbons (Fsp3) is 0.533. The highest BCUT2D eigenvalue weighted by Gasteiger charge is 2.26. The van der Waals surface area contributed by atoms with Gasteiger partial charge < -0.3 is 9.30 Å². The maximum Gasteiger partial charge on any atom is 0.127 e. The van der Waals surface area contributed by atoms with Crippen LogP contribution in [0.2, 0.25) is 5.02 Å². The van der Waals surface area contributed by atoms with Gasteiger partial charge in [0.25, 0.3) is 0 Å². The first-order valence-electron chi connectivity index (χ1n) is 6.99. The Kier molecular flexibility index (Phi) is 3.93. The fourth-order valence-electron chi connectivity index (χ4n) is 2.96. The monoisotopic (exact) mass is 312 g/mol. The molecule has 0 spiro atoms. The number of rotatable bonds is 2. The SMILES string of the molecule is CC1CC(n2c(C(C)Cl)nc3cc(Cl)ccc32)CCO1. The van der Waals surface area contributed by atoms with Crippen molar-refractivity contribution in [2.45, 2.75) is 44.2 Å². The van der Waals surface area contributed by atoms with E-state index in [9.17, 15) is 0 Å². The molecule has 20 heavy (non-hydrogen) atoms. The average Bonchev–Trinajstić information content (AvgIpc) is 2.77. The topological polar surface area (TPSA) is 27.1 Å². The summed E-state index contributed by atoms with van der Waals surface area (Å²) in [7, 11) is 0. The van der Waals surface area contributed by atoms with E-state index in [1.165, 1.54) is 0 Å². The van der Waals surface area contributed by atoms with Crippen molar-refractivity contribution in [2.75, 3.05) is 6.61 Å². The highest BCUT2D eigenvalue weighted by molar-refractivity contribution is 6.31. The van der Waals surface area contributed by atoms with E-state index in [1.807, 2.05) is 25.1 Å². The molecule has 1 saturated heterocycles. The molecule has 2 heterocycles. The number of ether oxygens (including phenoxy) is 1. The highest BCUT2D eigenvalue weighted by Crippen LogP contribution is 2.34. The molecule has 0 N–H and O–H groups in total. The van der Waals surface area contributed by atoms with Crippen molar-refractivity contribution in [3.8, 4) is 0 Å². The van der Waals surface area contributed by atoms with Crippen LogP contribution in [0.3, 0.4) is 0 Å². The maximum absolute atomic E-state index is 6.33. The summed E-state index contributed by atoms with van der Waals surface area (Å²) in [6.07, 6.45) is 2.26. The largest absolute Gasteiger partial charge is 0.378 e. The lowest BCUT2D eigenvalue weighted by molar-refractivity contribution is 0.00621. The van der Waals surface area contributed by atoms with Gasteiger partial charge in [-0.15, -0.1) is 11.6 Å². The number of hydrogen-bond acceptors (Lipinski definition) is 2. The summed E-state index contributed by atoms with van der Waals surface area (Å²) in [6, 6.07) is 6.24. The van der Waals surface area contributed by atoms with Gasteiger partial charge in [-0.3, -0.25) is 0 Å². The molecule has 0 saturated carbocycles. The quantitative estimate of drug-likeness (QED) is 0.750. The lowest BCUT2D eigenvalue weighted by atomic mass is 10.0. The third kappa shape index (κ3) is 2.54. The van der Waals surface area contributed by atoms with Crippen LogP contribution in [0.1, 0.15) is 43.9 Å². The average molecular weight is 313 g/mol. The Labute approximate surface area is 128 Å². The van der Waals surface area contributed by atoms with Crippen LogP contribution in [0.15, 0.2) is 18.2 Å². The molecule has 3 unspecified atom stereocenters. The number of fused-ring (bicyclic) bond motifs is 1. The molecule has 0 radical (unpaired) electrons. The molecule has 5 heteroatoms. The zero-order chi connectivity index (χ0) is 14.3. The molecule has 1 aliphatic heterocycles. The highest BCUT2D eigenvalue weighted by atomic mass is 35.5. The van der Waals surface area contributed by atoms with Crippen LogP contribution in [-0.4, -0.2) is 22.3 Å². The third-order valence-electron chi connectivity index (χ3n) is 3.86. The molecule has 0 aliphatic carbocycles. The van der Waals surface area contributed by atoms with Gasteiger partial charge in [0.15, 0.2) is 0 Å². The van der Waals surface area contributed by atoms with E-state index >= 15 is 0 Å². The maximum atomic E-state index is 6.33. The van der Waals surface area contributed by atoms with Gasteiger partial charge in [-0.1, -0.05) is 11.6 Å². The van der Waals surface area contributed by atoms with Crippen LogP contribution in [0, 0.1) is 0 Å². The molecule has 1 aromatic carbocycles. The number of benzene rings is 1.